The number of carbonyl (C=O) groups is 1. The quantitative estimate of drug-likeness (QED) is 0.553. The lowest BCUT2D eigenvalue weighted by Gasteiger charge is -2.09. The molecule has 1 saturated heterocycles. The molecule has 1 unspecified atom stereocenters. The van der Waals surface area contributed by atoms with E-state index in [-0.39, 0.29) is 10.8 Å². The SMILES string of the molecule is O=C(CCCCCN=C1NS(=O)(=O)c2ccccc21)NCCC1CCNC1. The van der Waals surface area contributed by atoms with Gasteiger partial charge in [-0.25, -0.2) is 8.42 Å². The fourth-order valence-corrected chi connectivity index (χ4v) is 4.73. The van der Waals surface area contributed by atoms with E-state index in [1.54, 1.807) is 24.3 Å². The Morgan fingerprint density at radius 2 is 2.07 bits per heavy atom. The number of amides is 1. The lowest BCUT2D eigenvalue weighted by Crippen LogP contribution is -2.26. The average molecular weight is 393 g/mol. The predicted octanol–water partition coefficient (Wildman–Crippen LogP) is 1.40. The van der Waals surface area contributed by atoms with Gasteiger partial charge in [-0.15, -0.1) is 0 Å². The summed E-state index contributed by atoms with van der Waals surface area (Å²) in [5.41, 5.74) is 0.634. The van der Waals surface area contributed by atoms with Gasteiger partial charge in [0, 0.05) is 25.1 Å². The Labute approximate surface area is 161 Å². The molecule has 1 atom stereocenters. The van der Waals surface area contributed by atoms with Gasteiger partial charge in [-0.2, -0.15) is 0 Å². The third kappa shape index (κ3) is 5.52. The van der Waals surface area contributed by atoms with Crippen LogP contribution < -0.4 is 15.4 Å². The zero-order chi connectivity index (χ0) is 19.1. The van der Waals surface area contributed by atoms with Crippen LogP contribution in [0.1, 0.15) is 44.1 Å². The highest BCUT2D eigenvalue weighted by Crippen LogP contribution is 2.22. The number of fused-ring (bicyclic) bond motifs is 1. The van der Waals surface area contributed by atoms with E-state index in [0.29, 0.717) is 30.3 Å². The third-order valence-corrected chi connectivity index (χ3v) is 6.43. The van der Waals surface area contributed by atoms with E-state index in [4.69, 9.17) is 0 Å². The monoisotopic (exact) mass is 392 g/mol. The Hall–Kier alpha value is -1.93. The third-order valence-electron chi connectivity index (χ3n) is 5.03. The molecule has 2 aliphatic rings. The standard InChI is InChI=1S/C19H28N4O3S/c24-18(21-13-10-15-9-12-20-14-15)8-2-1-5-11-22-19-16-6-3-4-7-17(16)27(25,26)23-19/h3-4,6-7,15,20H,1-2,5,8-14H2,(H,21,24)(H,22,23). The van der Waals surface area contributed by atoms with Gasteiger partial charge in [0.1, 0.15) is 5.84 Å². The molecule has 148 valence electrons. The van der Waals surface area contributed by atoms with Crippen LogP contribution in [0, 0.1) is 5.92 Å². The molecule has 7 nitrogen and oxygen atoms in total. The Bertz CT molecular complexity index is 786. The van der Waals surface area contributed by atoms with E-state index < -0.39 is 10.0 Å². The molecule has 0 aliphatic carbocycles. The fourth-order valence-electron chi connectivity index (χ4n) is 3.48. The Balaban J connectivity index is 1.30. The van der Waals surface area contributed by atoms with Crippen molar-refractivity contribution in [3.8, 4) is 0 Å². The molecule has 27 heavy (non-hydrogen) atoms. The first-order valence-electron chi connectivity index (χ1n) is 9.70. The van der Waals surface area contributed by atoms with Gasteiger partial charge < -0.3 is 10.6 Å². The predicted molar refractivity (Wildman–Crippen MR) is 105 cm³/mol. The van der Waals surface area contributed by atoms with Gasteiger partial charge in [-0.05, 0) is 56.8 Å². The van der Waals surface area contributed by atoms with Gasteiger partial charge in [0.05, 0.1) is 4.90 Å². The molecular formula is C19H28N4O3S. The van der Waals surface area contributed by atoms with Crippen LogP contribution in [0.5, 0.6) is 0 Å². The zero-order valence-corrected chi connectivity index (χ0v) is 16.4. The summed E-state index contributed by atoms with van der Waals surface area (Å²) < 4.78 is 26.5. The number of nitrogens with zero attached hydrogens (tertiary/aromatic N) is 1. The molecule has 1 aromatic rings. The molecule has 0 radical (unpaired) electrons. The molecule has 0 aromatic heterocycles. The Morgan fingerprint density at radius 1 is 1.22 bits per heavy atom. The first-order chi connectivity index (χ1) is 13.1. The number of aliphatic imine (C=N–C) groups is 1. The molecule has 3 N–H and O–H groups in total. The van der Waals surface area contributed by atoms with Gasteiger partial charge in [0.15, 0.2) is 0 Å². The van der Waals surface area contributed by atoms with Gasteiger partial charge in [0.2, 0.25) is 5.91 Å². The van der Waals surface area contributed by atoms with Crippen molar-refractivity contribution in [3.63, 3.8) is 0 Å². The van der Waals surface area contributed by atoms with Crippen LogP contribution in [-0.4, -0.2) is 46.3 Å². The van der Waals surface area contributed by atoms with Crippen LogP contribution >= 0.6 is 0 Å². The summed E-state index contributed by atoms with van der Waals surface area (Å²) in [5, 5.41) is 6.33. The maximum Gasteiger partial charge on any atom is 0.263 e. The maximum atomic E-state index is 12.0. The number of nitrogens with one attached hydrogen (secondary N) is 3. The van der Waals surface area contributed by atoms with Crippen LogP contribution in [0.15, 0.2) is 34.2 Å². The normalized spacial score (nSPS) is 21.8. The summed E-state index contributed by atoms with van der Waals surface area (Å²) in [7, 11) is -3.47. The molecule has 2 aliphatic heterocycles. The number of rotatable bonds is 9. The van der Waals surface area contributed by atoms with Crippen LogP contribution in [0.4, 0.5) is 0 Å². The summed E-state index contributed by atoms with van der Waals surface area (Å²) >= 11 is 0. The molecule has 3 rings (SSSR count). The summed E-state index contributed by atoms with van der Waals surface area (Å²) in [6.07, 6.45) is 5.34. The number of hydrogen-bond donors (Lipinski definition) is 3. The highest BCUT2D eigenvalue weighted by molar-refractivity contribution is 7.90. The average Bonchev–Trinajstić information content (AvgIpc) is 3.25. The van der Waals surface area contributed by atoms with Gasteiger partial charge >= 0.3 is 0 Å². The van der Waals surface area contributed by atoms with Crippen molar-refractivity contribution in [1.29, 1.82) is 0 Å². The number of benzene rings is 1. The summed E-state index contributed by atoms with van der Waals surface area (Å²) in [6, 6.07) is 6.86. The number of amidine groups is 1. The molecule has 8 heteroatoms. The topological polar surface area (TPSA) is 99.7 Å². The van der Waals surface area contributed by atoms with Crippen molar-refractivity contribution in [1.82, 2.24) is 15.4 Å². The van der Waals surface area contributed by atoms with Crippen molar-refractivity contribution in [2.75, 3.05) is 26.2 Å². The molecule has 0 bridgehead atoms. The summed E-state index contributed by atoms with van der Waals surface area (Å²) in [4.78, 5) is 16.5. The van der Waals surface area contributed by atoms with Crippen molar-refractivity contribution < 1.29 is 13.2 Å². The van der Waals surface area contributed by atoms with E-state index in [2.05, 4.69) is 20.3 Å². The highest BCUT2D eigenvalue weighted by Gasteiger charge is 2.29. The second kappa shape index (κ2) is 9.32. The van der Waals surface area contributed by atoms with Crippen molar-refractivity contribution in [3.05, 3.63) is 29.8 Å². The molecule has 0 saturated carbocycles. The van der Waals surface area contributed by atoms with Crippen LogP contribution in [0.3, 0.4) is 0 Å². The Morgan fingerprint density at radius 3 is 2.89 bits per heavy atom. The smallest absolute Gasteiger partial charge is 0.263 e. The summed E-state index contributed by atoms with van der Waals surface area (Å²) in [6.45, 7) is 3.47. The minimum atomic E-state index is -3.47. The molecule has 1 amide bonds. The van der Waals surface area contributed by atoms with E-state index >= 15 is 0 Å². The number of unbranched alkanes of at least 4 members (excludes halogenated alkanes) is 2. The fraction of sp³-hybridized carbons (Fsp3) is 0.579. The van der Waals surface area contributed by atoms with Gasteiger partial charge in [0.25, 0.3) is 10.0 Å². The van der Waals surface area contributed by atoms with Crippen LogP contribution in [-0.2, 0) is 14.8 Å². The Kier molecular flexibility index (Phi) is 6.84. The van der Waals surface area contributed by atoms with Crippen molar-refractivity contribution in [2.24, 2.45) is 10.9 Å². The largest absolute Gasteiger partial charge is 0.356 e. The van der Waals surface area contributed by atoms with Gasteiger partial charge in [-0.1, -0.05) is 18.6 Å². The molecule has 1 fully saturated rings. The first-order valence-corrected chi connectivity index (χ1v) is 11.2. The molecule has 1 aromatic carbocycles. The highest BCUT2D eigenvalue weighted by atomic mass is 32.2. The molecule has 0 spiro atoms. The molecular weight excluding hydrogens is 364 g/mol. The minimum absolute atomic E-state index is 0.116. The number of sulfonamides is 1. The maximum absolute atomic E-state index is 12.0. The van der Waals surface area contributed by atoms with Crippen LogP contribution in [0.2, 0.25) is 0 Å². The lowest BCUT2D eigenvalue weighted by atomic mass is 10.1. The van der Waals surface area contributed by atoms with E-state index in [9.17, 15) is 13.2 Å². The van der Waals surface area contributed by atoms with E-state index in [1.165, 1.54) is 6.42 Å². The second-order valence-electron chi connectivity index (χ2n) is 7.14. The minimum Gasteiger partial charge on any atom is -0.356 e. The van der Waals surface area contributed by atoms with Crippen molar-refractivity contribution in [2.45, 2.75) is 43.4 Å². The molecule has 2 heterocycles. The number of hydrogen-bond acceptors (Lipinski definition) is 5. The zero-order valence-electron chi connectivity index (χ0n) is 15.5. The first kappa shape index (κ1) is 19.8. The van der Waals surface area contributed by atoms with Crippen molar-refractivity contribution >= 4 is 21.8 Å². The summed E-state index contributed by atoms with van der Waals surface area (Å²) in [5.74, 6) is 1.23. The lowest BCUT2D eigenvalue weighted by molar-refractivity contribution is -0.121. The number of carbonyl (C=O) groups excluding carboxylic acids is 1. The van der Waals surface area contributed by atoms with Gasteiger partial charge in [-0.3, -0.25) is 14.5 Å². The van der Waals surface area contributed by atoms with E-state index in [1.807, 2.05) is 0 Å². The van der Waals surface area contributed by atoms with E-state index in [0.717, 1.165) is 45.3 Å². The van der Waals surface area contributed by atoms with Crippen LogP contribution in [0.25, 0.3) is 0 Å². The second-order valence-corrected chi connectivity index (χ2v) is 8.79.